The van der Waals surface area contributed by atoms with Crippen LogP contribution in [-0.2, 0) is 7.05 Å². The SMILES string of the molecule is Cc1ccc2c(c1)c(SCCC#N)cn2C. The summed E-state index contributed by atoms with van der Waals surface area (Å²) in [5.41, 5.74) is 2.53. The smallest absolute Gasteiger partial charge is 0.0630 e. The van der Waals surface area contributed by atoms with E-state index in [1.807, 2.05) is 0 Å². The average Bonchev–Trinajstić information content (AvgIpc) is 2.56. The summed E-state index contributed by atoms with van der Waals surface area (Å²) in [4.78, 5) is 1.27. The van der Waals surface area contributed by atoms with Gasteiger partial charge in [-0.3, -0.25) is 0 Å². The van der Waals surface area contributed by atoms with E-state index in [2.05, 4.69) is 49.0 Å². The molecule has 0 unspecified atom stereocenters. The number of thioether (sulfide) groups is 1. The van der Waals surface area contributed by atoms with Crippen LogP contribution in [0.25, 0.3) is 10.9 Å². The van der Waals surface area contributed by atoms with E-state index in [1.54, 1.807) is 11.8 Å². The molecule has 0 aliphatic rings. The largest absolute Gasteiger partial charge is 0.349 e. The molecule has 0 atom stereocenters. The minimum absolute atomic E-state index is 0.604. The Morgan fingerprint density at radius 1 is 1.44 bits per heavy atom. The summed E-state index contributed by atoms with van der Waals surface area (Å²) in [6.07, 6.45) is 2.75. The van der Waals surface area contributed by atoms with Crippen LogP contribution in [0.2, 0.25) is 0 Å². The van der Waals surface area contributed by atoms with Crippen LogP contribution in [0.15, 0.2) is 29.3 Å². The van der Waals surface area contributed by atoms with E-state index in [0.717, 1.165) is 5.75 Å². The molecule has 16 heavy (non-hydrogen) atoms. The highest BCUT2D eigenvalue weighted by atomic mass is 32.2. The molecular formula is C13H14N2S. The van der Waals surface area contributed by atoms with Crippen molar-refractivity contribution in [3.05, 3.63) is 30.0 Å². The van der Waals surface area contributed by atoms with Crippen molar-refractivity contribution < 1.29 is 0 Å². The molecule has 0 aliphatic heterocycles. The molecule has 2 aromatic rings. The predicted molar refractivity (Wildman–Crippen MR) is 68.6 cm³/mol. The first-order valence-corrected chi connectivity index (χ1v) is 6.26. The molecule has 2 rings (SSSR count). The third-order valence-electron chi connectivity index (χ3n) is 2.58. The van der Waals surface area contributed by atoms with E-state index in [4.69, 9.17) is 5.26 Å². The molecule has 0 fully saturated rings. The fourth-order valence-corrected chi connectivity index (χ4v) is 2.76. The molecule has 0 amide bonds. The van der Waals surface area contributed by atoms with Crippen molar-refractivity contribution in [2.45, 2.75) is 18.2 Å². The highest BCUT2D eigenvalue weighted by Crippen LogP contribution is 2.30. The van der Waals surface area contributed by atoms with Crippen molar-refractivity contribution in [2.75, 3.05) is 5.75 Å². The lowest BCUT2D eigenvalue weighted by atomic mass is 10.2. The van der Waals surface area contributed by atoms with Crippen molar-refractivity contribution in [3.63, 3.8) is 0 Å². The number of rotatable bonds is 3. The summed E-state index contributed by atoms with van der Waals surface area (Å²) in [7, 11) is 2.06. The van der Waals surface area contributed by atoms with Gasteiger partial charge in [0.15, 0.2) is 0 Å². The second kappa shape index (κ2) is 4.63. The van der Waals surface area contributed by atoms with Gasteiger partial charge in [-0.1, -0.05) is 11.6 Å². The molecule has 1 aromatic carbocycles. The van der Waals surface area contributed by atoms with E-state index in [9.17, 15) is 0 Å². The van der Waals surface area contributed by atoms with Gasteiger partial charge in [-0.25, -0.2) is 0 Å². The van der Waals surface area contributed by atoms with E-state index in [-0.39, 0.29) is 0 Å². The monoisotopic (exact) mass is 230 g/mol. The Morgan fingerprint density at radius 3 is 3.00 bits per heavy atom. The van der Waals surface area contributed by atoms with Crippen molar-refractivity contribution in [1.29, 1.82) is 5.26 Å². The third-order valence-corrected chi connectivity index (χ3v) is 3.62. The second-order valence-corrected chi connectivity index (χ2v) is 5.02. The fraction of sp³-hybridized carbons (Fsp3) is 0.308. The van der Waals surface area contributed by atoms with Gasteiger partial charge in [0.2, 0.25) is 0 Å². The molecule has 0 aliphatic carbocycles. The maximum absolute atomic E-state index is 8.54. The molecule has 0 spiro atoms. The number of hydrogen-bond donors (Lipinski definition) is 0. The van der Waals surface area contributed by atoms with Crippen LogP contribution in [0.3, 0.4) is 0 Å². The first kappa shape index (κ1) is 11.1. The number of benzene rings is 1. The van der Waals surface area contributed by atoms with Crippen LogP contribution in [0.4, 0.5) is 0 Å². The van der Waals surface area contributed by atoms with Crippen molar-refractivity contribution in [1.82, 2.24) is 4.57 Å². The highest BCUT2D eigenvalue weighted by molar-refractivity contribution is 7.99. The maximum Gasteiger partial charge on any atom is 0.0630 e. The van der Waals surface area contributed by atoms with Gasteiger partial charge < -0.3 is 4.57 Å². The summed E-state index contributed by atoms with van der Waals surface area (Å²) in [5, 5.41) is 9.84. The number of nitrogens with zero attached hydrogens (tertiary/aromatic N) is 2. The van der Waals surface area contributed by atoms with Gasteiger partial charge in [0.05, 0.1) is 6.07 Å². The lowest BCUT2D eigenvalue weighted by molar-refractivity contribution is 0.957. The second-order valence-electron chi connectivity index (χ2n) is 3.88. The standard InChI is InChI=1S/C13H14N2S/c1-10-4-5-12-11(8-10)13(9-15(12)2)16-7-3-6-14/h4-5,8-9H,3,7H2,1-2H3. The normalized spacial score (nSPS) is 10.6. The van der Waals surface area contributed by atoms with Crippen molar-refractivity contribution in [2.24, 2.45) is 7.05 Å². The zero-order chi connectivity index (χ0) is 11.5. The summed E-state index contributed by atoms with van der Waals surface area (Å²) in [6.45, 7) is 2.11. The Bertz CT molecular complexity index is 549. The van der Waals surface area contributed by atoms with Gasteiger partial charge in [0.25, 0.3) is 0 Å². The van der Waals surface area contributed by atoms with Crippen LogP contribution < -0.4 is 0 Å². The van der Waals surface area contributed by atoms with Crippen LogP contribution in [-0.4, -0.2) is 10.3 Å². The van der Waals surface area contributed by atoms with Crippen LogP contribution >= 0.6 is 11.8 Å². The van der Waals surface area contributed by atoms with Gasteiger partial charge in [0, 0.05) is 41.2 Å². The number of nitriles is 1. The Morgan fingerprint density at radius 2 is 2.25 bits per heavy atom. The molecule has 3 heteroatoms. The molecule has 0 radical (unpaired) electrons. The average molecular weight is 230 g/mol. The Balaban J connectivity index is 2.38. The maximum atomic E-state index is 8.54. The van der Waals surface area contributed by atoms with Crippen molar-refractivity contribution >= 4 is 22.7 Å². The molecule has 1 aromatic heterocycles. The van der Waals surface area contributed by atoms with E-state index in [1.165, 1.54) is 21.4 Å². The number of aryl methyl sites for hydroxylation is 2. The lowest BCUT2D eigenvalue weighted by Gasteiger charge is -1.98. The summed E-state index contributed by atoms with van der Waals surface area (Å²) in [5.74, 6) is 0.865. The molecule has 0 saturated carbocycles. The predicted octanol–water partition coefficient (Wildman–Crippen LogP) is 3.49. The van der Waals surface area contributed by atoms with Crippen LogP contribution in [0.5, 0.6) is 0 Å². The minimum Gasteiger partial charge on any atom is -0.349 e. The Hall–Kier alpha value is -1.40. The zero-order valence-corrected chi connectivity index (χ0v) is 10.3. The van der Waals surface area contributed by atoms with Crippen molar-refractivity contribution in [3.8, 4) is 6.07 Å². The van der Waals surface area contributed by atoms with Gasteiger partial charge in [-0.2, -0.15) is 5.26 Å². The fourth-order valence-electron chi connectivity index (χ4n) is 1.79. The quantitative estimate of drug-likeness (QED) is 0.596. The minimum atomic E-state index is 0.604. The molecule has 82 valence electrons. The molecule has 0 bridgehead atoms. The van der Waals surface area contributed by atoms with Crippen LogP contribution in [0, 0.1) is 18.3 Å². The summed E-state index contributed by atoms with van der Waals surface area (Å²) in [6, 6.07) is 8.67. The summed E-state index contributed by atoms with van der Waals surface area (Å²) < 4.78 is 2.14. The molecule has 0 saturated heterocycles. The van der Waals surface area contributed by atoms with Gasteiger partial charge in [0.1, 0.15) is 0 Å². The third kappa shape index (κ3) is 2.07. The van der Waals surface area contributed by atoms with E-state index in [0.29, 0.717) is 6.42 Å². The molecule has 2 nitrogen and oxygen atoms in total. The Labute approximate surface area is 99.9 Å². The number of aromatic nitrogens is 1. The van der Waals surface area contributed by atoms with Gasteiger partial charge in [-0.05, 0) is 19.1 Å². The molecule has 0 N–H and O–H groups in total. The molecular weight excluding hydrogens is 216 g/mol. The number of hydrogen-bond acceptors (Lipinski definition) is 2. The molecule has 1 heterocycles. The zero-order valence-electron chi connectivity index (χ0n) is 9.53. The lowest BCUT2D eigenvalue weighted by Crippen LogP contribution is -1.82. The van der Waals surface area contributed by atoms with Gasteiger partial charge >= 0.3 is 0 Å². The number of fused-ring (bicyclic) bond motifs is 1. The van der Waals surface area contributed by atoms with E-state index >= 15 is 0 Å². The Kier molecular flexibility index (Phi) is 3.21. The highest BCUT2D eigenvalue weighted by Gasteiger charge is 2.06. The van der Waals surface area contributed by atoms with Crippen LogP contribution in [0.1, 0.15) is 12.0 Å². The van der Waals surface area contributed by atoms with Gasteiger partial charge in [-0.15, -0.1) is 11.8 Å². The first-order valence-electron chi connectivity index (χ1n) is 5.28. The first-order chi connectivity index (χ1) is 7.72. The topological polar surface area (TPSA) is 28.7 Å². The summed E-state index contributed by atoms with van der Waals surface area (Å²) >= 11 is 1.76. The van der Waals surface area contributed by atoms with E-state index < -0.39 is 0 Å².